The van der Waals surface area contributed by atoms with Crippen molar-refractivity contribution in [2.24, 2.45) is 0 Å². The Morgan fingerprint density at radius 1 is 1.29 bits per heavy atom. The van der Waals surface area contributed by atoms with Gasteiger partial charge in [0.05, 0.1) is 5.69 Å². The van der Waals surface area contributed by atoms with Gasteiger partial charge in [0.25, 0.3) is 0 Å². The molecule has 1 aliphatic rings. The van der Waals surface area contributed by atoms with Gasteiger partial charge in [0, 0.05) is 12.0 Å². The lowest BCUT2D eigenvalue weighted by molar-refractivity contribution is 0.408. The molecule has 1 saturated carbocycles. The fraction of sp³-hybridized carbons (Fsp3) is 0.636. The van der Waals surface area contributed by atoms with Crippen LogP contribution in [0.2, 0.25) is 0 Å². The third kappa shape index (κ3) is 2.03. The largest absolute Gasteiger partial charge is 0.366 e. The zero-order chi connectivity index (χ0) is 9.97. The van der Waals surface area contributed by atoms with Crippen molar-refractivity contribution < 1.29 is 0 Å². The molecule has 0 unspecified atom stereocenters. The molecule has 0 aromatic carbocycles. The van der Waals surface area contributed by atoms with Crippen LogP contribution in [0.3, 0.4) is 0 Å². The molecule has 0 amide bonds. The first-order valence-electron chi connectivity index (χ1n) is 5.36. The molecule has 0 atom stereocenters. The van der Waals surface area contributed by atoms with E-state index in [0.717, 1.165) is 11.5 Å². The molecule has 76 valence electrons. The van der Waals surface area contributed by atoms with Gasteiger partial charge in [0.15, 0.2) is 0 Å². The Hall–Kier alpha value is -1.12. The lowest BCUT2D eigenvalue weighted by Crippen LogP contribution is -2.14. The molecule has 1 N–H and O–H groups in total. The lowest BCUT2D eigenvalue weighted by atomic mass is 9.83. The zero-order valence-corrected chi connectivity index (χ0v) is 8.83. The number of nitrogens with one attached hydrogen (secondary N) is 1. The van der Waals surface area contributed by atoms with E-state index in [2.05, 4.69) is 35.4 Å². The highest BCUT2D eigenvalue weighted by atomic mass is 15.2. The Morgan fingerprint density at radius 2 is 2.07 bits per heavy atom. The predicted octanol–water partition coefficient (Wildman–Crippen LogP) is 2.56. The van der Waals surface area contributed by atoms with E-state index in [9.17, 15) is 0 Å². The molecule has 2 rings (SSSR count). The molecule has 1 fully saturated rings. The second kappa shape index (κ2) is 3.95. The van der Waals surface area contributed by atoms with Crippen LogP contribution in [0.25, 0.3) is 0 Å². The first-order valence-corrected chi connectivity index (χ1v) is 5.36. The van der Waals surface area contributed by atoms with Crippen LogP contribution >= 0.6 is 0 Å². The minimum atomic E-state index is 0.416. The van der Waals surface area contributed by atoms with Crippen molar-refractivity contribution >= 4 is 5.82 Å². The molecule has 1 aromatic rings. The van der Waals surface area contributed by atoms with Gasteiger partial charge in [0.1, 0.15) is 5.82 Å². The van der Waals surface area contributed by atoms with E-state index in [1.807, 2.05) is 6.07 Å². The minimum absolute atomic E-state index is 0.416. The smallest absolute Gasteiger partial charge is 0.148 e. The lowest BCUT2D eigenvalue weighted by Gasteiger charge is -2.24. The quantitative estimate of drug-likeness (QED) is 0.798. The highest BCUT2D eigenvalue weighted by Crippen LogP contribution is 2.34. The molecule has 0 radical (unpaired) electrons. The third-order valence-corrected chi connectivity index (χ3v) is 2.65. The summed E-state index contributed by atoms with van der Waals surface area (Å²) < 4.78 is 0. The number of aromatic nitrogens is 2. The zero-order valence-electron chi connectivity index (χ0n) is 8.83. The SMILES string of the molecule is CC(C)Nc1ccc(C2CCC2)nn1. The van der Waals surface area contributed by atoms with Gasteiger partial charge in [-0.2, -0.15) is 5.10 Å². The summed E-state index contributed by atoms with van der Waals surface area (Å²) in [5.74, 6) is 1.55. The van der Waals surface area contributed by atoms with Crippen LogP contribution in [0.4, 0.5) is 5.82 Å². The molecule has 14 heavy (non-hydrogen) atoms. The topological polar surface area (TPSA) is 37.8 Å². The van der Waals surface area contributed by atoms with E-state index in [4.69, 9.17) is 0 Å². The van der Waals surface area contributed by atoms with Crippen LogP contribution in [0, 0.1) is 0 Å². The minimum Gasteiger partial charge on any atom is -0.366 e. The van der Waals surface area contributed by atoms with Crippen molar-refractivity contribution in [1.82, 2.24) is 10.2 Å². The third-order valence-electron chi connectivity index (χ3n) is 2.65. The van der Waals surface area contributed by atoms with Crippen molar-refractivity contribution in [3.8, 4) is 0 Å². The highest BCUT2D eigenvalue weighted by molar-refractivity contribution is 5.34. The number of hydrogen-bond acceptors (Lipinski definition) is 3. The Bertz CT molecular complexity index is 288. The molecule has 3 nitrogen and oxygen atoms in total. The Morgan fingerprint density at radius 3 is 2.50 bits per heavy atom. The maximum absolute atomic E-state index is 4.24. The monoisotopic (exact) mass is 191 g/mol. The van der Waals surface area contributed by atoms with Gasteiger partial charge >= 0.3 is 0 Å². The van der Waals surface area contributed by atoms with Gasteiger partial charge in [-0.1, -0.05) is 6.42 Å². The van der Waals surface area contributed by atoms with E-state index in [0.29, 0.717) is 12.0 Å². The van der Waals surface area contributed by atoms with Crippen molar-refractivity contribution in [2.75, 3.05) is 5.32 Å². The number of nitrogens with zero attached hydrogens (tertiary/aromatic N) is 2. The average molecular weight is 191 g/mol. The second-order valence-corrected chi connectivity index (χ2v) is 4.27. The summed E-state index contributed by atoms with van der Waals surface area (Å²) in [5.41, 5.74) is 1.16. The highest BCUT2D eigenvalue weighted by Gasteiger charge is 2.20. The Balaban J connectivity index is 2.02. The predicted molar refractivity (Wildman–Crippen MR) is 57.4 cm³/mol. The van der Waals surface area contributed by atoms with Crippen molar-refractivity contribution in [1.29, 1.82) is 0 Å². The number of rotatable bonds is 3. The molecular formula is C11H17N3. The molecule has 0 saturated heterocycles. The number of anilines is 1. The normalized spacial score (nSPS) is 16.8. The van der Waals surface area contributed by atoms with Crippen LogP contribution in [0.5, 0.6) is 0 Å². The van der Waals surface area contributed by atoms with Crippen LogP contribution in [-0.4, -0.2) is 16.2 Å². The van der Waals surface area contributed by atoms with E-state index in [1.165, 1.54) is 19.3 Å². The first-order chi connectivity index (χ1) is 6.75. The molecule has 0 bridgehead atoms. The van der Waals surface area contributed by atoms with Crippen LogP contribution in [0.15, 0.2) is 12.1 Å². The first kappa shape index (κ1) is 9.44. The molecule has 0 spiro atoms. The summed E-state index contributed by atoms with van der Waals surface area (Å²) in [4.78, 5) is 0. The van der Waals surface area contributed by atoms with Gasteiger partial charge in [-0.05, 0) is 38.8 Å². The number of hydrogen-bond donors (Lipinski definition) is 1. The van der Waals surface area contributed by atoms with Gasteiger partial charge in [-0.15, -0.1) is 5.10 Å². The Labute approximate surface area is 84.9 Å². The molecule has 1 aromatic heterocycles. The maximum atomic E-state index is 4.24. The summed E-state index contributed by atoms with van der Waals surface area (Å²) in [5, 5.41) is 11.6. The summed E-state index contributed by atoms with van der Waals surface area (Å²) in [6.07, 6.45) is 3.91. The summed E-state index contributed by atoms with van der Waals surface area (Å²) in [7, 11) is 0. The molecule has 1 heterocycles. The fourth-order valence-corrected chi connectivity index (χ4v) is 1.64. The summed E-state index contributed by atoms with van der Waals surface area (Å²) in [6, 6.07) is 4.54. The average Bonchev–Trinajstić information content (AvgIpc) is 2.04. The summed E-state index contributed by atoms with van der Waals surface area (Å²) >= 11 is 0. The van der Waals surface area contributed by atoms with E-state index in [-0.39, 0.29) is 0 Å². The second-order valence-electron chi connectivity index (χ2n) is 4.27. The van der Waals surface area contributed by atoms with E-state index < -0.39 is 0 Å². The van der Waals surface area contributed by atoms with Gasteiger partial charge < -0.3 is 5.32 Å². The van der Waals surface area contributed by atoms with Crippen molar-refractivity contribution in [3.63, 3.8) is 0 Å². The van der Waals surface area contributed by atoms with Crippen molar-refractivity contribution in [2.45, 2.75) is 45.1 Å². The Kier molecular flexibility index (Phi) is 2.66. The van der Waals surface area contributed by atoms with Crippen LogP contribution in [-0.2, 0) is 0 Å². The molecule has 3 heteroatoms. The summed E-state index contributed by atoms with van der Waals surface area (Å²) in [6.45, 7) is 4.20. The van der Waals surface area contributed by atoms with Crippen molar-refractivity contribution in [3.05, 3.63) is 17.8 Å². The van der Waals surface area contributed by atoms with Gasteiger partial charge in [-0.25, -0.2) is 0 Å². The standard InChI is InChI=1S/C11H17N3/c1-8(2)12-11-7-6-10(13-14-11)9-4-3-5-9/h6-9H,3-5H2,1-2H3,(H,12,14). The fourth-order valence-electron chi connectivity index (χ4n) is 1.64. The van der Waals surface area contributed by atoms with E-state index in [1.54, 1.807) is 0 Å². The van der Waals surface area contributed by atoms with E-state index >= 15 is 0 Å². The molecule has 1 aliphatic carbocycles. The maximum Gasteiger partial charge on any atom is 0.148 e. The van der Waals surface area contributed by atoms with Gasteiger partial charge in [0.2, 0.25) is 0 Å². The van der Waals surface area contributed by atoms with Crippen LogP contribution < -0.4 is 5.32 Å². The molecular weight excluding hydrogens is 174 g/mol. The van der Waals surface area contributed by atoms with Crippen LogP contribution in [0.1, 0.15) is 44.7 Å². The molecule has 0 aliphatic heterocycles. The van der Waals surface area contributed by atoms with Gasteiger partial charge in [-0.3, -0.25) is 0 Å².